The number of carbonyl (C=O) groups is 2. The van der Waals surface area contributed by atoms with E-state index in [9.17, 15) is 9.59 Å². The standard InChI is InChI=1S/C19H22N4O2S/c1-13-20-16(11-26-13)10-22(2)12-23-17(24)19(21-18(23)25)8-7-14-5-3-4-6-15(14)9-19/h3-6,11H,7-10,12H2,1-2H3,(H,21,25). The van der Waals surface area contributed by atoms with E-state index in [1.54, 1.807) is 11.3 Å². The Kier molecular flexibility index (Phi) is 4.28. The van der Waals surface area contributed by atoms with Gasteiger partial charge in [0.25, 0.3) is 5.91 Å². The Morgan fingerprint density at radius 1 is 1.31 bits per heavy atom. The molecule has 136 valence electrons. The minimum absolute atomic E-state index is 0.113. The number of urea groups is 1. The van der Waals surface area contributed by atoms with Gasteiger partial charge in [-0.25, -0.2) is 14.7 Å². The number of thiazole rings is 1. The van der Waals surface area contributed by atoms with Crippen molar-refractivity contribution in [2.24, 2.45) is 0 Å². The zero-order valence-electron chi connectivity index (χ0n) is 15.0. The summed E-state index contributed by atoms with van der Waals surface area (Å²) in [5.41, 5.74) is 2.60. The Balaban J connectivity index is 1.47. The molecule has 6 nitrogen and oxygen atoms in total. The summed E-state index contributed by atoms with van der Waals surface area (Å²) in [4.78, 5) is 33.3. The zero-order valence-corrected chi connectivity index (χ0v) is 15.8. The van der Waals surface area contributed by atoms with E-state index in [4.69, 9.17) is 0 Å². The van der Waals surface area contributed by atoms with Crippen LogP contribution in [-0.2, 0) is 24.2 Å². The molecule has 26 heavy (non-hydrogen) atoms. The number of amides is 3. The van der Waals surface area contributed by atoms with E-state index in [1.165, 1.54) is 10.5 Å². The predicted molar refractivity (Wildman–Crippen MR) is 99.8 cm³/mol. The minimum Gasteiger partial charge on any atom is -0.323 e. The van der Waals surface area contributed by atoms with Gasteiger partial charge in [0.05, 0.1) is 17.4 Å². The van der Waals surface area contributed by atoms with Crippen LogP contribution in [0.4, 0.5) is 4.79 Å². The topological polar surface area (TPSA) is 65.5 Å². The first kappa shape index (κ1) is 17.2. The first-order valence-corrected chi connectivity index (χ1v) is 9.65. The molecule has 0 radical (unpaired) electrons. The molecule has 4 rings (SSSR count). The van der Waals surface area contributed by atoms with Gasteiger partial charge in [-0.05, 0) is 37.9 Å². The average Bonchev–Trinajstić information content (AvgIpc) is 3.11. The lowest BCUT2D eigenvalue weighted by atomic mass is 9.78. The van der Waals surface area contributed by atoms with E-state index in [0.29, 0.717) is 19.4 Å². The molecular formula is C19H22N4O2S. The van der Waals surface area contributed by atoms with E-state index in [1.807, 2.05) is 36.4 Å². The fourth-order valence-electron chi connectivity index (χ4n) is 3.88. The monoisotopic (exact) mass is 370 g/mol. The average molecular weight is 370 g/mol. The number of hydrogen-bond donors (Lipinski definition) is 1. The number of rotatable bonds is 4. The number of aryl methyl sites for hydroxylation is 2. The second-order valence-electron chi connectivity index (χ2n) is 7.20. The van der Waals surface area contributed by atoms with Gasteiger partial charge in [0.2, 0.25) is 0 Å². The minimum atomic E-state index is -0.788. The van der Waals surface area contributed by atoms with Gasteiger partial charge in [-0.3, -0.25) is 9.69 Å². The van der Waals surface area contributed by atoms with E-state index in [2.05, 4.69) is 22.4 Å². The molecule has 3 amide bonds. The summed E-state index contributed by atoms with van der Waals surface area (Å²) >= 11 is 1.60. The number of hydrogen-bond acceptors (Lipinski definition) is 5. The lowest BCUT2D eigenvalue weighted by molar-refractivity contribution is -0.133. The quantitative estimate of drug-likeness (QED) is 0.839. The number of imide groups is 1. The molecule has 2 aliphatic rings. The lowest BCUT2D eigenvalue weighted by Gasteiger charge is -2.32. The third-order valence-electron chi connectivity index (χ3n) is 5.16. The molecule has 1 fully saturated rings. The van der Waals surface area contributed by atoms with Crippen LogP contribution in [0, 0.1) is 6.92 Å². The van der Waals surface area contributed by atoms with Gasteiger partial charge in [-0.15, -0.1) is 11.3 Å². The van der Waals surface area contributed by atoms with Gasteiger partial charge >= 0.3 is 6.03 Å². The Labute approximate surface area is 156 Å². The lowest BCUT2D eigenvalue weighted by Crippen LogP contribution is -2.51. The molecule has 1 aliphatic carbocycles. The van der Waals surface area contributed by atoms with Crippen molar-refractivity contribution in [3.8, 4) is 0 Å². The summed E-state index contributed by atoms with van der Waals surface area (Å²) in [7, 11) is 1.90. The molecule has 1 N–H and O–H groups in total. The second kappa shape index (κ2) is 6.48. The predicted octanol–water partition coefficient (Wildman–Crippen LogP) is 2.32. The summed E-state index contributed by atoms with van der Waals surface area (Å²) in [6.07, 6.45) is 2.03. The van der Waals surface area contributed by atoms with Gasteiger partial charge in [0, 0.05) is 18.3 Å². The molecule has 0 bridgehead atoms. The van der Waals surface area contributed by atoms with Crippen LogP contribution in [0.2, 0.25) is 0 Å². The van der Waals surface area contributed by atoms with Crippen LogP contribution in [0.3, 0.4) is 0 Å². The summed E-state index contributed by atoms with van der Waals surface area (Å²) in [6, 6.07) is 7.86. The van der Waals surface area contributed by atoms with Crippen molar-refractivity contribution >= 4 is 23.3 Å². The molecule has 2 aromatic rings. The molecule has 1 aromatic heterocycles. The first-order valence-electron chi connectivity index (χ1n) is 8.77. The third-order valence-corrected chi connectivity index (χ3v) is 5.98. The third kappa shape index (κ3) is 3.01. The van der Waals surface area contributed by atoms with Gasteiger partial charge in [0.15, 0.2) is 0 Å². The Bertz CT molecular complexity index is 865. The van der Waals surface area contributed by atoms with Crippen molar-refractivity contribution in [3.05, 3.63) is 51.5 Å². The molecule has 1 aromatic carbocycles. The van der Waals surface area contributed by atoms with Gasteiger partial charge in [0.1, 0.15) is 5.54 Å². The van der Waals surface area contributed by atoms with Crippen molar-refractivity contribution in [1.29, 1.82) is 0 Å². The molecule has 1 atom stereocenters. The smallest absolute Gasteiger partial charge is 0.323 e. The van der Waals surface area contributed by atoms with Crippen LogP contribution in [0.15, 0.2) is 29.6 Å². The highest BCUT2D eigenvalue weighted by atomic mass is 32.1. The van der Waals surface area contributed by atoms with Crippen LogP contribution in [0.5, 0.6) is 0 Å². The van der Waals surface area contributed by atoms with E-state index in [-0.39, 0.29) is 18.6 Å². The second-order valence-corrected chi connectivity index (χ2v) is 8.27. The first-order chi connectivity index (χ1) is 12.5. The van der Waals surface area contributed by atoms with Crippen molar-refractivity contribution < 1.29 is 9.59 Å². The van der Waals surface area contributed by atoms with Gasteiger partial charge in [-0.2, -0.15) is 0 Å². The molecule has 0 saturated carbocycles. The molecule has 1 spiro atoms. The van der Waals surface area contributed by atoms with Crippen molar-refractivity contribution in [2.75, 3.05) is 13.7 Å². The largest absolute Gasteiger partial charge is 0.326 e. The maximum atomic E-state index is 13.1. The van der Waals surface area contributed by atoms with Crippen LogP contribution in [0.1, 0.15) is 28.2 Å². The molecule has 2 heterocycles. The van der Waals surface area contributed by atoms with Crippen LogP contribution < -0.4 is 5.32 Å². The number of benzene rings is 1. The normalized spacial score (nSPS) is 22.2. The number of nitrogens with zero attached hydrogens (tertiary/aromatic N) is 3. The molecule has 1 saturated heterocycles. The van der Waals surface area contributed by atoms with Gasteiger partial charge < -0.3 is 5.32 Å². The zero-order chi connectivity index (χ0) is 18.3. The van der Waals surface area contributed by atoms with Crippen LogP contribution in [0.25, 0.3) is 0 Å². The van der Waals surface area contributed by atoms with E-state index < -0.39 is 5.54 Å². The Morgan fingerprint density at radius 3 is 2.81 bits per heavy atom. The maximum Gasteiger partial charge on any atom is 0.326 e. The van der Waals surface area contributed by atoms with E-state index >= 15 is 0 Å². The molecule has 1 aliphatic heterocycles. The summed E-state index contributed by atoms with van der Waals surface area (Å²) in [5, 5.41) is 6.01. The number of nitrogens with one attached hydrogen (secondary N) is 1. The van der Waals surface area contributed by atoms with Crippen LogP contribution >= 0.6 is 11.3 Å². The van der Waals surface area contributed by atoms with E-state index in [0.717, 1.165) is 22.7 Å². The molecule has 1 unspecified atom stereocenters. The van der Waals surface area contributed by atoms with Gasteiger partial charge in [-0.1, -0.05) is 24.3 Å². The van der Waals surface area contributed by atoms with Crippen molar-refractivity contribution in [2.45, 2.75) is 38.3 Å². The molecule has 7 heteroatoms. The highest BCUT2D eigenvalue weighted by Gasteiger charge is 2.52. The highest BCUT2D eigenvalue weighted by Crippen LogP contribution is 2.33. The van der Waals surface area contributed by atoms with Crippen molar-refractivity contribution in [1.82, 2.24) is 20.1 Å². The maximum absolute atomic E-state index is 13.1. The Morgan fingerprint density at radius 2 is 2.08 bits per heavy atom. The summed E-state index contributed by atoms with van der Waals surface area (Å²) in [5.74, 6) is -0.113. The fraction of sp³-hybridized carbons (Fsp3) is 0.421. The number of fused-ring (bicyclic) bond motifs is 1. The van der Waals surface area contributed by atoms with Crippen LogP contribution in [-0.4, -0.2) is 46.0 Å². The molecular weight excluding hydrogens is 348 g/mol. The summed E-state index contributed by atoms with van der Waals surface area (Å²) < 4.78 is 0. The van der Waals surface area contributed by atoms with Crippen molar-refractivity contribution in [3.63, 3.8) is 0 Å². The fourth-order valence-corrected chi connectivity index (χ4v) is 4.48. The Hall–Kier alpha value is -2.25. The number of aromatic nitrogens is 1. The SMILES string of the molecule is Cc1nc(CN(C)CN2C(=O)NC3(CCc4ccccc4C3)C2=O)cs1. The summed E-state index contributed by atoms with van der Waals surface area (Å²) in [6.45, 7) is 2.85. The highest BCUT2D eigenvalue weighted by molar-refractivity contribution is 7.09. The number of carbonyl (C=O) groups excluding carboxylic acids is 2.